The van der Waals surface area contributed by atoms with Gasteiger partial charge in [-0.15, -0.1) is 0 Å². The van der Waals surface area contributed by atoms with E-state index in [0.717, 1.165) is 0 Å². The van der Waals surface area contributed by atoms with Crippen LogP contribution in [0, 0.1) is 0 Å². The van der Waals surface area contributed by atoms with Crippen LogP contribution in [-0.4, -0.2) is -2.56 Å². The van der Waals surface area contributed by atoms with Crippen molar-refractivity contribution in [3.63, 3.8) is 0 Å². The molecule has 0 saturated carbocycles. The third-order valence-electron chi connectivity index (χ3n) is 0. The molecule has 0 aliphatic heterocycles. The molecule has 0 N–H and O–H groups in total. The Labute approximate surface area is 90.5 Å². The van der Waals surface area contributed by atoms with Crippen LogP contribution in [0.25, 0.3) is 0 Å². The molecule has 0 rings (SSSR count). The lowest BCUT2D eigenvalue weighted by Crippen LogP contribution is -1.73. The molecule has 0 aromatic carbocycles. The molecule has 0 radical (unpaired) electrons. The topological polar surface area (TPSA) is 0 Å². The van der Waals surface area contributed by atoms with Crippen molar-refractivity contribution in [2.75, 3.05) is 0 Å². The van der Waals surface area contributed by atoms with Crippen molar-refractivity contribution in [2.45, 2.75) is -2.56 Å². The Morgan fingerprint density at radius 2 is 0.833 bits per heavy atom. The monoisotopic (exact) mass is 540 g/mol. The van der Waals surface area contributed by atoms with Gasteiger partial charge in [0.15, 0.2) is -2.56 Å². The highest BCUT2D eigenvalue weighted by molar-refractivity contribution is 14.4. The second-order valence-electron chi connectivity index (χ2n) is 0.429. The minimum atomic E-state index is 0. The first-order valence-electron chi connectivity index (χ1n) is 0.756. The molecule has 0 aromatic heterocycles. The first kappa shape index (κ1) is 11.6. The van der Waals surface area contributed by atoms with Crippen molar-refractivity contribution < 1.29 is 4.70 Å². The van der Waals surface area contributed by atoms with E-state index in [9.17, 15) is 0 Å². The Kier molecular flexibility index (Phi) is 9.11. The fourth-order valence-corrected chi connectivity index (χ4v) is 0. The Morgan fingerprint density at radius 3 is 0.833 bits per heavy atom. The standard InChI is InChI=1S/CI4.FH/c2-1(3,4)5;/h;1H. The fraction of sp³-hybridized carbons (Fsp3) is 1.00. The summed E-state index contributed by atoms with van der Waals surface area (Å²) < 4.78 is 0.380. The lowest BCUT2D eigenvalue weighted by Gasteiger charge is -1.94. The molecule has 0 spiro atoms. The summed E-state index contributed by atoms with van der Waals surface area (Å²) in [5.74, 6) is 0. The summed E-state index contributed by atoms with van der Waals surface area (Å²) in [4.78, 5) is 0. The third-order valence-corrected chi connectivity index (χ3v) is 0. The van der Waals surface area contributed by atoms with Gasteiger partial charge in [-0.25, -0.2) is 0 Å². The van der Waals surface area contributed by atoms with Crippen LogP contribution < -0.4 is 0 Å². The molecule has 5 heteroatoms. The highest BCUT2D eigenvalue weighted by Gasteiger charge is 2.07. The van der Waals surface area contributed by atoms with Gasteiger partial charge in [0.2, 0.25) is 0 Å². The molecule has 0 aliphatic rings. The highest BCUT2D eigenvalue weighted by atomic mass is 127. The summed E-state index contributed by atoms with van der Waals surface area (Å²) in [6, 6.07) is 0. The predicted octanol–water partition coefficient (Wildman–Crippen LogP) is 3.49. The van der Waals surface area contributed by atoms with E-state index in [1.165, 1.54) is 0 Å². The second kappa shape index (κ2) is 4.70. The predicted molar refractivity (Wildman–Crippen MR) is 61.3 cm³/mol. The zero-order chi connectivity index (χ0) is 4.50. The van der Waals surface area contributed by atoms with Gasteiger partial charge in [0.1, 0.15) is 0 Å². The van der Waals surface area contributed by atoms with Crippen molar-refractivity contribution >= 4 is 90.4 Å². The molecule has 0 unspecified atom stereocenters. The Bertz CT molecular complexity index is 23.0. The van der Waals surface area contributed by atoms with Crippen LogP contribution in [0.1, 0.15) is 0 Å². The molecule has 0 aromatic rings. The van der Waals surface area contributed by atoms with E-state index in [1.54, 1.807) is 0 Å². The van der Waals surface area contributed by atoms with Crippen LogP contribution in [0.2, 0.25) is 0 Å². The molecule has 0 amide bonds. The summed E-state index contributed by atoms with van der Waals surface area (Å²) in [7, 11) is 0. The number of alkyl halides is 4. The fourth-order valence-electron chi connectivity index (χ4n) is 0. The van der Waals surface area contributed by atoms with E-state index in [0.29, 0.717) is -2.56 Å². The van der Waals surface area contributed by atoms with Gasteiger partial charge in [0.05, 0.1) is 0 Å². The van der Waals surface area contributed by atoms with Gasteiger partial charge >= 0.3 is 0 Å². The normalized spacial score (nSPS) is 10.0. The Balaban J connectivity index is 0. The molecule has 0 nitrogen and oxygen atoms in total. The van der Waals surface area contributed by atoms with Crippen LogP contribution in [0.3, 0.4) is 0 Å². The molecule has 6 heavy (non-hydrogen) atoms. The van der Waals surface area contributed by atoms with Crippen LogP contribution in [0.4, 0.5) is 4.70 Å². The zero-order valence-electron chi connectivity index (χ0n) is 2.42. The first-order valence-corrected chi connectivity index (χ1v) is 5.07. The molecule has 0 saturated heterocycles. The third kappa shape index (κ3) is 28.9. The maximum atomic E-state index is 2.34. The minimum Gasteiger partial charge on any atom is -0.269 e. The quantitative estimate of drug-likeness (QED) is 0.327. The largest absolute Gasteiger partial charge is 0.269 e. The summed E-state index contributed by atoms with van der Waals surface area (Å²) in [5, 5.41) is 0. The summed E-state index contributed by atoms with van der Waals surface area (Å²) >= 11 is 9.35. The van der Waals surface area contributed by atoms with E-state index in [2.05, 4.69) is 90.4 Å². The van der Waals surface area contributed by atoms with Gasteiger partial charge in [-0.3, -0.25) is 4.70 Å². The molecular formula is CHFI4. The van der Waals surface area contributed by atoms with Crippen molar-refractivity contribution in [1.82, 2.24) is 0 Å². The van der Waals surface area contributed by atoms with Gasteiger partial charge in [0, 0.05) is 0 Å². The summed E-state index contributed by atoms with van der Waals surface area (Å²) in [5.41, 5.74) is 0. The molecule has 0 heterocycles. The SMILES string of the molecule is F.IC(I)(I)I. The maximum Gasteiger partial charge on any atom is 0.174 e. The molecule has 0 aliphatic carbocycles. The van der Waals surface area contributed by atoms with Gasteiger partial charge < -0.3 is 0 Å². The summed E-state index contributed by atoms with van der Waals surface area (Å²) in [6.07, 6.45) is 0. The first-order chi connectivity index (χ1) is 2.00. The Morgan fingerprint density at radius 1 is 0.833 bits per heavy atom. The van der Waals surface area contributed by atoms with Crippen LogP contribution in [-0.2, 0) is 0 Å². The second-order valence-corrected chi connectivity index (χ2v) is 19.3. The van der Waals surface area contributed by atoms with E-state index in [1.807, 2.05) is 0 Å². The van der Waals surface area contributed by atoms with E-state index < -0.39 is 0 Å². The molecule has 0 fully saturated rings. The number of hydrogen-bond acceptors (Lipinski definition) is 0. The molecular weight excluding hydrogens is 539 g/mol. The molecule has 40 valence electrons. The van der Waals surface area contributed by atoms with Crippen molar-refractivity contribution in [2.24, 2.45) is 0 Å². The van der Waals surface area contributed by atoms with Gasteiger partial charge in [-0.05, 0) is 90.4 Å². The number of rotatable bonds is 0. The smallest absolute Gasteiger partial charge is 0.174 e. The van der Waals surface area contributed by atoms with Gasteiger partial charge in [-0.1, -0.05) is 0 Å². The van der Waals surface area contributed by atoms with Crippen molar-refractivity contribution in [3.05, 3.63) is 0 Å². The zero-order valence-corrected chi connectivity index (χ0v) is 11.1. The van der Waals surface area contributed by atoms with E-state index in [4.69, 9.17) is 0 Å². The highest BCUT2D eigenvalue weighted by Crippen LogP contribution is 2.42. The lowest BCUT2D eigenvalue weighted by molar-refractivity contribution is 1.11. The minimum absolute atomic E-state index is 0. The molecule has 0 bridgehead atoms. The average molecular weight is 540 g/mol. The summed E-state index contributed by atoms with van der Waals surface area (Å²) in [6.45, 7) is 0. The van der Waals surface area contributed by atoms with Gasteiger partial charge in [-0.2, -0.15) is 0 Å². The lowest BCUT2D eigenvalue weighted by atomic mass is 12.0. The Hall–Kier alpha value is 2.85. The number of hydrogen-bond donors (Lipinski definition) is 0. The van der Waals surface area contributed by atoms with Gasteiger partial charge in [0.25, 0.3) is 0 Å². The average Bonchev–Trinajstić information content (AvgIpc) is 0.722. The van der Waals surface area contributed by atoms with E-state index >= 15 is 0 Å². The van der Waals surface area contributed by atoms with Crippen molar-refractivity contribution in [3.8, 4) is 0 Å². The van der Waals surface area contributed by atoms with Crippen LogP contribution in [0.15, 0.2) is 0 Å². The van der Waals surface area contributed by atoms with Crippen LogP contribution in [0.5, 0.6) is 0 Å². The van der Waals surface area contributed by atoms with Crippen molar-refractivity contribution in [1.29, 1.82) is 0 Å². The number of halogens is 5. The van der Waals surface area contributed by atoms with E-state index in [-0.39, 0.29) is 4.70 Å². The maximum absolute atomic E-state index is 2.34. The molecule has 0 atom stereocenters. The van der Waals surface area contributed by atoms with Crippen LogP contribution >= 0.6 is 90.4 Å².